The van der Waals surface area contributed by atoms with Crippen LogP contribution in [0, 0.1) is 0 Å². The van der Waals surface area contributed by atoms with E-state index in [0.29, 0.717) is 12.1 Å². The van der Waals surface area contributed by atoms with Gasteiger partial charge in [-0.05, 0) is 29.7 Å². The molecule has 1 heterocycles. The minimum Gasteiger partial charge on any atom is -0.356 e. The summed E-state index contributed by atoms with van der Waals surface area (Å²) in [5.74, 6) is -0.637. The van der Waals surface area contributed by atoms with Crippen molar-refractivity contribution in [2.45, 2.75) is 31.9 Å². The molecule has 2 aromatic carbocycles. The number of carbonyl (C=O) groups is 1. The number of para-hydroxylation sites is 1. The Morgan fingerprint density at radius 1 is 1.14 bits per heavy atom. The summed E-state index contributed by atoms with van der Waals surface area (Å²) < 4.78 is 41.6. The first-order chi connectivity index (χ1) is 13.3. The number of hydrogen-bond donors (Lipinski definition) is 1. The van der Waals surface area contributed by atoms with Crippen molar-refractivity contribution in [3.8, 4) is 0 Å². The van der Waals surface area contributed by atoms with E-state index in [4.69, 9.17) is 0 Å². The smallest absolute Gasteiger partial charge is 0.356 e. The van der Waals surface area contributed by atoms with Gasteiger partial charge in [-0.2, -0.15) is 13.2 Å². The first kappa shape index (κ1) is 20.0. The van der Waals surface area contributed by atoms with Crippen LogP contribution in [0.1, 0.15) is 42.4 Å². The first-order valence-corrected chi connectivity index (χ1v) is 9.29. The lowest BCUT2D eigenvalue weighted by atomic mass is 9.87. The van der Waals surface area contributed by atoms with Crippen LogP contribution in [-0.4, -0.2) is 17.0 Å². The number of alkyl halides is 3. The molecule has 0 radical (unpaired) electrons. The summed E-state index contributed by atoms with van der Waals surface area (Å²) >= 11 is 0. The van der Waals surface area contributed by atoms with E-state index in [1.807, 2.05) is 49.0 Å². The number of benzene rings is 2. The van der Waals surface area contributed by atoms with E-state index < -0.39 is 17.7 Å². The molecule has 28 heavy (non-hydrogen) atoms. The summed E-state index contributed by atoms with van der Waals surface area (Å²) in [7, 11) is 1.90. The van der Waals surface area contributed by atoms with Gasteiger partial charge in [-0.15, -0.1) is 0 Å². The molecule has 0 bridgehead atoms. The second-order valence-corrected chi connectivity index (χ2v) is 6.94. The Morgan fingerprint density at radius 3 is 2.61 bits per heavy atom. The fourth-order valence-electron chi connectivity index (χ4n) is 3.51. The Morgan fingerprint density at radius 2 is 1.89 bits per heavy atom. The van der Waals surface area contributed by atoms with Crippen LogP contribution in [0.25, 0.3) is 10.9 Å². The summed E-state index contributed by atoms with van der Waals surface area (Å²) in [6.45, 7) is 2.50. The second kappa shape index (κ2) is 8.09. The van der Waals surface area contributed by atoms with E-state index in [-0.39, 0.29) is 12.3 Å². The molecule has 0 spiro atoms. The van der Waals surface area contributed by atoms with Gasteiger partial charge >= 0.3 is 6.18 Å². The van der Waals surface area contributed by atoms with Crippen molar-refractivity contribution in [1.82, 2.24) is 9.88 Å². The van der Waals surface area contributed by atoms with Gasteiger partial charge in [0.05, 0.1) is 5.56 Å². The van der Waals surface area contributed by atoms with Crippen molar-refractivity contribution in [2.24, 2.45) is 7.05 Å². The first-order valence-electron chi connectivity index (χ1n) is 9.29. The number of aromatic nitrogens is 1. The number of hydrogen-bond acceptors (Lipinski definition) is 1. The number of rotatable bonds is 6. The minimum atomic E-state index is -4.43. The van der Waals surface area contributed by atoms with Gasteiger partial charge in [-0.3, -0.25) is 4.79 Å². The van der Waals surface area contributed by atoms with Gasteiger partial charge in [0.2, 0.25) is 5.91 Å². The molecule has 1 unspecified atom stereocenters. The highest BCUT2D eigenvalue weighted by molar-refractivity contribution is 5.86. The lowest BCUT2D eigenvalue weighted by molar-refractivity contribution is -0.137. The number of fused-ring (bicyclic) bond motifs is 1. The Hall–Kier alpha value is -2.76. The fourth-order valence-corrected chi connectivity index (χ4v) is 3.51. The van der Waals surface area contributed by atoms with Crippen LogP contribution in [0.3, 0.4) is 0 Å². The maximum absolute atomic E-state index is 13.2. The van der Waals surface area contributed by atoms with E-state index >= 15 is 0 Å². The third-order valence-corrected chi connectivity index (χ3v) is 4.88. The highest BCUT2D eigenvalue weighted by Crippen LogP contribution is 2.37. The molecule has 148 valence electrons. The van der Waals surface area contributed by atoms with Crippen LogP contribution in [-0.2, 0) is 18.0 Å². The lowest BCUT2D eigenvalue weighted by Crippen LogP contribution is -2.26. The van der Waals surface area contributed by atoms with Crippen LogP contribution in [0.4, 0.5) is 13.2 Å². The van der Waals surface area contributed by atoms with E-state index in [1.165, 1.54) is 6.07 Å². The van der Waals surface area contributed by atoms with Crippen molar-refractivity contribution in [2.75, 3.05) is 6.54 Å². The Labute approximate surface area is 162 Å². The van der Waals surface area contributed by atoms with Gasteiger partial charge < -0.3 is 9.88 Å². The van der Waals surface area contributed by atoms with Gasteiger partial charge in [0.1, 0.15) is 0 Å². The SMILES string of the molecule is CCCNC(=O)CC(c1cccc(C(F)(F)F)c1)c1cn(C)c2ccccc12. The second-order valence-electron chi connectivity index (χ2n) is 6.94. The molecule has 0 aliphatic heterocycles. The monoisotopic (exact) mass is 388 g/mol. The van der Waals surface area contributed by atoms with Crippen LogP contribution < -0.4 is 5.32 Å². The number of aryl methyl sites for hydroxylation is 1. The fraction of sp³-hybridized carbons (Fsp3) is 0.318. The molecule has 1 amide bonds. The van der Waals surface area contributed by atoms with Crippen molar-refractivity contribution in [3.63, 3.8) is 0 Å². The summed E-state index contributed by atoms with van der Waals surface area (Å²) in [5.41, 5.74) is 1.61. The Bertz CT molecular complexity index is 975. The number of nitrogens with zero attached hydrogens (tertiary/aromatic N) is 1. The Kier molecular flexibility index (Phi) is 5.77. The number of carbonyl (C=O) groups excluding carboxylic acids is 1. The number of nitrogens with one attached hydrogen (secondary N) is 1. The third-order valence-electron chi connectivity index (χ3n) is 4.88. The van der Waals surface area contributed by atoms with E-state index in [2.05, 4.69) is 5.32 Å². The molecule has 1 atom stereocenters. The maximum atomic E-state index is 13.2. The molecule has 3 aromatic rings. The van der Waals surface area contributed by atoms with Crippen molar-refractivity contribution in [1.29, 1.82) is 0 Å². The summed E-state index contributed by atoms with van der Waals surface area (Å²) in [5, 5.41) is 3.77. The molecule has 1 N–H and O–H groups in total. The average molecular weight is 388 g/mol. The zero-order chi connectivity index (χ0) is 20.3. The quantitative estimate of drug-likeness (QED) is 0.615. The molecule has 6 heteroatoms. The number of amides is 1. The van der Waals surface area contributed by atoms with Crippen molar-refractivity contribution in [3.05, 3.63) is 71.4 Å². The summed E-state index contributed by atoms with van der Waals surface area (Å²) in [4.78, 5) is 12.4. The van der Waals surface area contributed by atoms with Crippen LogP contribution in [0.2, 0.25) is 0 Å². The third kappa shape index (κ3) is 4.21. The van der Waals surface area contributed by atoms with Crippen LogP contribution in [0.15, 0.2) is 54.7 Å². The zero-order valence-corrected chi connectivity index (χ0v) is 15.9. The van der Waals surface area contributed by atoms with Gasteiger partial charge in [-0.1, -0.05) is 43.3 Å². The average Bonchev–Trinajstić information content (AvgIpc) is 3.01. The predicted octanol–water partition coefficient (Wildman–Crippen LogP) is 5.25. The molecule has 3 nitrogen and oxygen atoms in total. The molecular formula is C22H23F3N2O. The van der Waals surface area contributed by atoms with Crippen molar-refractivity contribution < 1.29 is 18.0 Å². The summed E-state index contributed by atoms with van der Waals surface area (Å²) in [6, 6.07) is 13.0. The molecule has 1 aromatic heterocycles. The van der Waals surface area contributed by atoms with Crippen LogP contribution >= 0.6 is 0 Å². The van der Waals surface area contributed by atoms with Crippen molar-refractivity contribution >= 4 is 16.8 Å². The number of halogens is 3. The molecule has 0 aliphatic rings. The Balaban J connectivity index is 2.09. The molecule has 0 fully saturated rings. The van der Waals surface area contributed by atoms with E-state index in [9.17, 15) is 18.0 Å². The van der Waals surface area contributed by atoms with Gasteiger partial charge in [0.15, 0.2) is 0 Å². The largest absolute Gasteiger partial charge is 0.416 e. The highest BCUT2D eigenvalue weighted by Gasteiger charge is 2.32. The zero-order valence-electron chi connectivity index (χ0n) is 15.9. The molecule has 0 saturated carbocycles. The maximum Gasteiger partial charge on any atom is 0.416 e. The van der Waals surface area contributed by atoms with Gasteiger partial charge in [0.25, 0.3) is 0 Å². The molecular weight excluding hydrogens is 365 g/mol. The normalized spacial score (nSPS) is 12.9. The topological polar surface area (TPSA) is 34.0 Å². The molecule has 0 aliphatic carbocycles. The van der Waals surface area contributed by atoms with Gasteiger partial charge in [-0.25, -0.2) is 0 Å². The standard InChI is InChI=1S/C22H23F3N2O/c1-3-11-26-21(28)13-18(15-7-6-8-16(12-15)22(23,24)25)19-14-27(2)20-10-5-4-9-17(19)20/h4-10,12,14,18H,3,11,13H2,1-2H3,(H,26,28). The van der Waals surface area contributed by atoms with Gasteiger partial charge in [0, 0.05) is 43.0 Å². The molecule has 0 saturated heterocycles. The highest BCUT2D eigenvalue weighted by atomic mass is 19.4. The minimum absolute atomic E-state index is 0.0926. The predicted molar refractivity (Wildman–Crippen MR) is 104 cm³/mol. The summed E-state index contributed by atoms with van der Waals surface area (Å²) in [6.07, 6.45) is -1.63. The molecule has 3 rings (SSSR count). The van der Waals surface area contributed by atoms with E-state index in [1.54, 1.807) is 6.07 Å². The van der Waals surface area contributed by atoms with E-state index in [0.717, 1.165) is 35.0 Å². The lowest BCUT2D eigenvalue weighted by Gasteiger charge is -2.19. The van der Waals surface area contributed by atoms with Crippen LogP contribution in [0.5, 0.6) is 0 Å².